The smallest absolute Gasteiger partial charge is 1.00 e. The fourth-order valence-electron chi connectivity index (χ4n) is 2.07. The molecule has 37 heavy (non-hydrogen) atoms. The molecule has 0 radical (unpaired) electrons. The maximum absolute atomic E-state index is 10.3. The minimum Gasteiger partial charge on any atom is -1.00 e. The fraction of sp³-hybridized carbons (Fsp3) is 0.286. The van der Waals surface area contributed by atoms with Crippen LogP contribution >= 0.6 is 0 Å². The molecule has 1 N–H and O–H groups in total. The van der Waals surface area contributed by atoms with E-state index in [0.717, 1.165) is 19.1 Å². The molecule has 0 aliphatic rings. The second kappa shape index (κ2) is 37.9. The van der Waals surface area contributed by atoms with Crippen molar-refractivity contribution in [2.45, 2.75) is 26.7 Å². The van der Waals surface area contributed by atoms with Crippen LogP contribution in [0.2, 0.25) is 0 Å². The van der Waals surface area contributed by atoms with Gasteiger partial charge in [-0.05, 0) is 12.0 Å². The molecule has 11 nitrogen and oxygen atoms in total. The van der Waals surface area contributed by atoms with Crippen molar-refractivity contribution in [1.29, 1.82) is 0 Å². The van der Waals surface area contributed by atoms with Gasteiger partial charge in [0, 0.05) is 5.92 Å². The average Bonchev–Trinajstić information content (AvgIpc) is 2.80. The van der Waals surface area contributed by atoms with Crippen molar-refractivity contribution in [2.24, 2.45) is 11.8 Å². The van der Waals surface area contributed by atoms with Gasteiger partial charge in [-0.1, -0.05) is 86.5 Å². The summed E-state index contributed by atoms with van der Waals surface area (Å²) in [7, 11) is -6.22. The van der Waals surface area contributed by atoms with Crippen molar-refractivity contribution in [3.8, 4) is 0 Å². The Morgan fingerprint density at radius 1 is 0.811 bits per heavy atom. The maximum Gasteiger partial charge on any atom is 1.00 e. The molecule has 2 aromatic carbocycles. The Morgan fingerprint density at radius 2 is 1.11 bits per heavy atom. The summed E-state index contributed by atoms with van der Waals surface area (Å²) in [5, 5.41) is 17.1. The first-order valence-electron chi connectivity index (χ1n) is 9.30. The first-order valence-corrected chi connectivity index (χ1v) is 11.3. The fourth-order valence-corrected chi connectivity index (χ4v) is 2.07. The number of aliphatic hydroxyl groups excluding tert-OH is 1. The van der Waals surface area contributed by atoms with Crippen molar-refractivity contribution in [1.82, 2.24) is 0 Å². The minimum atomic E-state index is -3.11. The second-order valence-corrected chi connectivity index (χ2v) is 7.04. The van der Waals surface area contributed by atoms with E-state index in [1.54, 1.807) is 0 Å². The number of carbonyl (C=O) groups is 2. The number of aldehydes is 1. The summed E-state index contributed by atoms with van der Waals surface area (Å²) in [5.74, 6) is 0.384. The van der Waals surface area contributed by atoms with Gasteiger partial charge in [0.15, 0.2) is 0 Å². The van der Waals surface area contributed by atoms with Gasteiger partial charge in [-0.25, -0.2) is 6.61 Å². The Kier molecular flexibility index (Phi) is 50.9. The largest absolute Gasteiger partial charge is 1.00 e. The standard InChI is InChI=1S/C10H13O.C10H12O.CH2O3.3Na.2O3S.H/c2*1-9(8-11)7-10-5-3-2-4-6-10;2-1-4-3;;;;2*1-4(2)3;/h2-6,8-9,11H,7H2,1H3;2-6,8-9H,7H2,1H3;1,3H;;;;;;/q-1;;;3*+1;;;-1/p-1. The number of benzene rings is 2. The molecule has 0 aliphatic carbocycles. The average molecular weight is 589 g/mol. The zero-order valence-corrected chi connectivity index (χ0v) is 29.1. The zero-order valence-electron chi connectivity index (χ0n) is 22.4. The molecular formula is C21H27Na3O11S2. The molecule has 0 fully saturated rings. The number of hydrogen-bond acceptors (Lipinski definition) is 11. The minimum absolute atomic E-state index is 0. The van der Waals surface area contributed by atoms with E-state index in [-0.39, 0.29) is 108 Å². The molecule has 0 heterocycles. The second-order valence-electron chi connectivity index (χ2n) is 6.22. The van der Waals surface area contributed by atoms with Gasteiger partial charge >= 0.3 is 110 Å². The van der Waals surface area contributed by atoms with Crippen molar-refractivity contribution in [2.75, 3.05) is 0 Å². The van der Waals surface area contributed by atoms with Crippen LogP contribution in [-0.4, -0.2) is 43.1 Å². The van der Waals surface area contributed by atoms with Crippen LogP contribution in [0.5, 0.6) is 0 Å². The Morgan fingerprint density at radius 3 is 1.35 bits per heavy atom. The maximum atomic E-state index is 10.3. The number of hydrogen-bond donors (Lipinski definition) is 1. The van der Waals surface area contributed by atoms with Crippen LogP contribution in [0, 0.1) is 18.4 Å². The van der Waals surface area contributed by atoms with E-state index in [4.69, 9.17) is 40.4 Å². The third kappa shape index (κ3) is 49.3. The van der Waals surface area contributed by atoms with Crippen LogP contribution in [0.3, 0.4) is 0 Å². The molecule has 2 aromatic rings. The summed E-state index contributed by atoms with van der Waals surface area (Å²) < 4.78 is 50.7. The molecule has 0 saturated heterocycles. The van der Waals surface area contributed by atoms with Crippen LogP contribution in [0.1, 0.15) is 26.4 Å². The van der Waals surface area contributed by atoms with Gasteiger partial charge in [0.05, 0.1) is 0 Å². The van der Waals surface area contributed by atoms with Crippen molar-refractivity contribution >= 4 is 34.0 Å². The van der Waals surface area contributed by atoms with Crippen LogP contribution in [-0.2, 0) is 48.5 Å². The number of aliphatic hydroxyl groups is 1. The summed E-state index contributed by atoms with van der Waals surface area (Å²) in [6, 6.07) is 20.2. The Balaban J connectivity index is -0.0000000669. The molecule has 16 heteroatoms. The Labute approximate surface area is 287 Å². The van der Waals surface area contributed by atoms with E-state index in [1.807, 2.05) is 62.4 Å². The number of rotatable bonds is 7. The van der Waals surface area contributed by atoms with E-state index >= 15 is 0 Å². The van der Waals surface area contributed by atoms with Gasteiger partial charge in [0.2, 0.25) is 0 Å². The summed E-state index contributed by atoms with van der Waals surface area (Å²) in [5.41, 5.74) is 2.50. The SMILES string of the molecule is CC(C=O)Cc1ccccc1.CC([CH-]O)Cc1ccccc1.O=CO[O-].O=S(=O)=O.O=S(=O)=O.[H-].[Na+].[Na+].[Na+]. The van der Waals surface area contributed by atoms with E-state index in [0.29, 0.717) is 0 Å². The summed E-state index contributed by atoms with van der Waals surface area (Å²) in [6.45, 7) is 4.99. The van der Waals surface area contributed by atoms with E-state index < -0.39 is 21.2 Å². The Bertz CT molecular complexity index is 942. The number of carbonyl (C=O) groups excluding carboxylic acids is 2. The van der Waals surface area contributed by atoms with E-state index in [2.05, 4.69) is 17.0 Å². The van der Waals surface area contributed by atoms with Gasteiger partial charge in [-0.3, -0.25) is 4.79 Å². The summed E-state index contributed by atoms with van der Waals surface area (Å²) >= 11 is 0. The van der Waals surface area contributed by atoms with E-state index in [1.165, 1.54) is 17.7 Å². The van der Waals surface area contributed by atoms with Gasteiger partial charge in [-0.15, -0.1) is 31.2 Å². The van der Waals surface area contributed by atoms with Crippen molar-refractivity contribution in [3.05, 3.63) is 78.4 Å². The third-order valence-electron chi connectivity index (χ3n) is 3.33. The third-order valence-corrected chi connectivity index (χ3v) is 3.33. The van der Waals surface area contributed by atoms with Crippen molar-refractivity contribution in [3.63, 3.8) is 0 Å². The molecule has 192 valence electrons. The van der Waals surface area contributed by atoms with Crippen LogP contribution in [0.4, 0.5) is 0 Å². The molecule has 0 amide bonds. The molecule has 0 aromatic heterocycles. The normalized spacial score (nSPS) is 9.41. The molecule has 2 atom stereocenters. The summed E-state index contributed by atoms with van der Waals surface area (Å²) in [4.78, 5) is 21.6. The molecule has 0 saturated carbocycles. The predicted octanol–water partition coefficient (Wildman–Crippen LogP) is -7.99. The van der Waals surface area contributed by atoms with E-state index in [9.17, 15) is 4.79 Å². The molecule has 2 rings (SSSR count). The van der Waals surface area contributed by atoms with Gasteiger partial charge in [-0.2, -0.15) is 0 Å². The molecule has 0 bridgehead atoms. The first-order chi connectivity index (χ1) is 16.0. The van der Waals surface area contributed by atoms with Crippen LogP contribution in [0.25, 0.3) is 0 Å². The van der Waals surface area contributed by atoms with Gasteiger partial charge < -0.3 is 21.5 Å². The Hall–Kier alpha value is -0.260. The zero-order chi connectivity index (χ0) is 26.8. The molecule has 0 aliphatic heterocycles. The topological polar surface area (TPSA) is 189 Å². The first kappa shape index (κ1) is 49.7. The summed E-state index contributed by atoms with van der Waals surface area (Å²) in [6.07, 6.45) is 2.76. The van der Waals surface area contributed by atoms with Crippen LogP contribution < -0.4 is 93.9 Å². The van der Waals surface area contributed by atoms with Crippen LogP contribution in [0.15, 0.2) is 60.7 Å². The molecular weight excluding hydrogens is 561 g/mol. The van der Waals surface area contributed by atoms with Gasteiger partial charge in [0.25, 0.3) is 6.47 Å². The predicted molar refractivity (Wildman–Crippen MR) is 119 cm³/mol. The molecule has 2 unspecified atom stereocenters. The quantitative estimate of drug-likeness (QED) is 0.106. The monoisotopic (exact) mass is 588 g/mol. The molecule has 0 spiro atoms. The van der Waals surface area contributed by atoms with Crippen molar-refractivity contribution < 1.29 is 140 Å². The van der Waals surface area contributed by atoms with Gasteiger partial charge in [0.1, 0.15) is 6.29 Å².